The minimum Gasteiger partial charge on any atom is -0.379 e. The lowest BCUT2D eigenvalue weighted by Crippen LogP contribution is -2.38. The normalized spacial score (nSPS) is 20.0. The molecule has 2 fully saturated rings. The Balaban J connectivity index is 1.63. The van der Waals surface area contributed by atoms with Crippen molar-refractivity contribution in [3.05, 3.63) is 0 Å². The van der Waals surface area contributed by atoms with E-state index in [0.29, 0.717) is 52.6 Å². The minimum absolute atomic E-state index is 0.367. The summed E-state index contributed by atoms with van der Waals surface area (Å²) in [6.45, 7) is 3.09. The summed E-state index contributed by atoms with van der Waals surface area (Å²) in [7, 11) is -3.03. The van der Waals surface area contributed by atoms with Crippen LogP contribution in [0.1, 0.15) is 0 Å². The number of carbonyl (C=O) groups is 2. The molecule has 2 saturated heterocycles. The molecule has 0 aromatic rings. The smallest absolute Gasteiger partial charge is 0.379 e. The molecule has 0 atom stereocenters. The van der Waals surface area contributed by atoms with Crippen LogP contribution in [0.5, 0.6) is 0 Å². The highest BCUT2D eigenvalue weighted by atomic mass is 31.1. The van der Waals surface area contributed by atoms with Crippen LogP contribution in [0.25, 0.3) is 0 Å². The van der Waals surface area contributed by atoms with Crippen LogP contribution in [0.4, 0.5) is 9.59 Å². The van der Waals surface area contributed by atoms with Gasteiger partial charge in [0.05, 0.1) is 52.6 Å². The molecule has 2 heterocycles. The number of hydrogen-bond acceptors (Lipinski definition) is 11. The zero-order valence-corrected chi connectivity index (χ0v) is 12.6. The summed E-state index contributed by atoms with van der Waals surface area (Å²) in [6.07, 6.45) is -2.47. The topological polar surface area (TPSA) is 113 Å². The summed E-state index contributed by atoms with van der Waals surface area (Å²) in [4.78, 5) is 32.1. The lowest BCUT2D eigenvalue weighted by molar-refractivity contribution is -0.160. The number of hydroxylamine groups is 4. The van der Waals surface area contributed by atoms with E-state index in [2.05, 4.69) is 9.05 Å². The first-order valence-corrected chi connectivity index (χ1v) is 7.65. The van der Waals surface area contributed by atoms with Gasteiger partial charge in [-0.2, -0.15) is 9.59 Å². The summed E-state index contributed by atoms with van der Waals surface area (Å²) in [6, 6.07) is 0. The second-order valence-electron chi connectivity index (χ2n) is 4.17. The quantitative estimate of drug-likeness (QED) is 0.665. The highest BCUT2D eigenvalue weighted by Gasteiger charge is 2.36. The number of morpholine rings is 2. The van der Waals surface area contributed by atoms with Crippen LogP contribution in [0.15, 0.2) is 0 Å². The van der Waals surface area contributed by atoms with E-state index in [4.69, 9.17) is 19.1 Å². The number of nitrogens with zero attached hydrogens (tertiary/aromatic N) is 2. The van der Waals surface area contributed by atoms with Crippen LogP contribution in [-0.4, -0.2) is 75.0 Å². The molecule has 0 amide bonds. The Kier molecular flexibility index (Phi) is 6.74. The Morgan fingerprint density at radius 1 is 0.773 bits per heavy atom. The average molecular weight is 339 g/mol. The third kappa shape index (κ3) is 6.08. The maximum absolute atomic E-state index is 11.4. The van der Waals surface area contributed by atoms with Crippen molar-refractivity contribution >= 4 is 20.6 Å². The predicted molar refractivity (Wildman–Crippen MR) is 67.5 cm³/mol. The summed E-state index contributed by atoms with van der Waals surface area (Å²) >= 11 is 0. The first-order chi connectivity index (χ1) is 10.6. The fourth-order valence-corrected chi connectivity index (χ4v) is 2.01. The van der Waals surface area contributed by atoms with Gasteiger partial charge in [0.25, 0.3) is 0 Å². The van der Waals surface area contributed by atoms with Gasteiger partial charge >= 0.3 is 20.6 Å². The fourth-order valence-electron chi connectivity index (χ4n) is 1.66. The van der Waals surface area contributed by atoms with Gasteiger partial charge in [-0.25, -0.2) is 0 Å². The molecular weight excluding hydrogens is 323 g/mol. The largest absolute Gasteiger partial charge is 0.818 e. The molecule has 2 aliphatic heterocycles. The molecule has 0 N–H and O–H groups in total. The number of carbonyl (C=O) groups excluding carboxylic acids is 2. The molecule has 0 spiro atoms. The highest BCUT2D eigenvalue weighted by Crippen LogP contribution is 2.26. The third-order valence-electron chi connectivity index (χ3n) is 2.65. The standard InChI is InChI=1S/C10H16N2O9P/c13-9(18-11-1-5-16-6-2-11)20-22(15)21-10(14)19-12-3-7-17-8-4-12/h1-8H2/q+1. The Bertz CT molecular complexity index is 373. The SMILES string of the molecule is O=C(ON1CCOCC1)O[P+](=O)OC(=O)ON1CCOCC1. The van der Waals surface area contributed by atoms with Crippen molar-refractivity contribution in [2.45, 2.75) is 0 Å². The first-order valence-electron chi connectivity index (χ1n) is 6.56. The molecule has 0 aliphatic carbocycles. The molecule has 124 valence electrons. The van der Waals surface area contributed by atoms with Crippen molar-refractivity contribution in [2.24, 2.45) is 0 Å². The van der Waals surface area contributed by atoms with Crippen molar-refractivity contribution in [3.63, 3.8) is 0 Å². The zero-order valence-electron chi connectivity index (χ0n) is 11.7. The van der Waals surface area contributed by atoms with Gasteiger partial charge in [-0.1, -0.05) is 0 Å². The summed E-state index contributed by atoms with van der Waals surface area (Å²) in [5, 5.41) is 2.59. The van der Waals surface area contributed by atoms with E-state index in [1.54, 1.807) is 0 Å². The Morgan fingerprint density at radius 2 is 1.14 bits per heavy atom. The lowest BCUT2D eigenvalue weighted by atomic mass is 10.5. The molecular formula is C10H16N2O9P+. The van der Waals surface area contributed by atoms with E-state index in [9.17, 15) is 14.2 Å². The summed E-state index contributed by atoms with van der Waals surface area (Å²) in [5.41, 5.74) is 0. The predicted octanol–water partition coefficient (Wildman–Crippen LogP) is 0.445. The van der Waals surface area contributed by atoms with Crippen molar-refractivity contribution < 1.29 is 42.4 Å². The minimum atomic E-state index is -3.03. The molecule has 0 radical (unpaired) electrons. The van der Waals surface area contributed by atoms with Gasteiger partial charge in [0, 0.05) is 4.57 Å². The number of ether oxygens (including phenoxy) is 2. The van der Waals surface area contributed by atoms with E-state index in [-0.39, 0.29) is 0 Å². The second kappa shape index (κ2) is 8.81. The van der Waals surface area contributed by atoms with Crippen LogP contribution in [0.2, 0.25) is 0 Å². The Labute approximate surface area is 126 Å². The van der Waals surface area contributed by atoms with E-state index < -0.39 is 20.6 Å². The van der Waals surface area contributed by atoms with Crippen LogP contribution < -0.4 is 0 Å². The average Bonchev–Trinajstić information content (AvgIpc) is 2.48. The van der Waals surface area contributed by atoms with Gasteiger partial charge < -0.3 is 19.1 Å². The van der Waals surface area contributed by atoms with E-state index >= 15 is 0 Å². The van der Waals surface area contributed by atoms with Gasteiger partial charge in [-0.3, -0.25) is 0 Å². The van der Waals surface area contributed by atoms with E-state index in [1.807, 2.05) is 0 Å². The molecule has 0 aromatic heterocycles. The third-order valence-corrected chi connectivity index (χ3v) is 3.24. The van der Waals surface area contributed by atoms with Crippen molar-refractivity contribution in [1.82, 2.24) is 10.1 Å². The molecule has 11 nitrogen and oxygen atoms in total. The van der Waals surface area contributed by atoms with Gasteiger partial charge in [0.1, 0.15) is 0 Å². The van der Waals surface area contributed by atoms with Crippen molar-refractivity contribution in [1.29, 1.82) is 0 Å². The van der Waals surface area contributed by atoms with Gasteiger partial charge in [0.15, 0.2) is 0 Å². The van der Waals surface area contributed by atoms with Gasteiger partial charge in [-0.15, -0.1) is 19.2 Å². The van der Waals surface area contributed by atoms with Crippen LogP contribution >= 0.6 is 8.25 Å². The van der Waals surface area contributed by atoms with Crippen LogP contribution in [0, 0.1) is 0 Å². The van der Waals surface area contributed by atoms with E-state index in [1.165, 1.54) is 10.1 Å². The molecule has 0 bridgehead atoms. The molecule has 2 rings (SSSR count). The lowest BCUT2D eigenvalue weighted by Gasteiger charge is -2.23. The van der Waals surface area contributed by atoms with Crippen molar-refractivity contribution in [2.75, 3.05) is 52.6 Å². The first kappa shape index (κ1) is 16.8. The number of rotatable bonds is 4. The zero-order chi connectivity index (χ0) is 15.8. The highest BCUT2D eigenvalue weighted by molar-refractivity contribution is 7.34. The summed E-state index contributed by atoms with van der Waals surface area (Å²) < 4.78 is 30.1. The maximum atomic E-state index is 11.4. The Hall–Kier alpha value is -1.52. The molecule has 2 aliphatic rings. The molecule has 0 saturated carbocycles. The second-order valence-corrected chi connectivity index (χ2v) is 4.98. The fraction of sp³-hybridized carbons (Fsp3) is 0.800. The van der Waals surface area contributed by atoms with Gasteiger partial charge in [-0.05, 0) is 0 Å². The maximum Gasteiger partial charge on any atom is 0.818 e. The molecule has 0 aromatic carbocycles. The van der Waals surface area contributed by atoms with E-state index in [0.717, 1.165) is 0 Å². The monoisotopic (exact) mass is 339 g/mol. The van der Waals surface area contributed by atoms with Crippen LogP contribution in [-0.2, 0) is 32.8 Å². The molecule has 12 heteroatoms. The van der Waals surface area contributed by atoms with Gasteiger partial charge in [0.2, 0.25) is 0 Å². The van der Waals surface area contributed by atoms with Crippen molar-refractivity contribution in [3.8, 4) is 0 Å². The van der Waals surface area contributed by atoms with Crippen LogP contribution in [0.3, 0.4) is 0 Å². The Morgan fingerprint density at radius 3 is 1.50 bits per heavy atom. The summed E-state index contributed by atoms with van der Waals surface area (Å²) in [5.74, 6) is 0. The molecule has 22 heavy (non-hydrogen) atoms. The number of hydrogen-bond donors (Lipinski definition) is 0. The molecule has 0 unspecified atom stereocenters.